The molecule has 2 nitrogen and oxygen atoms in total. The number of benzene rings is 2. The number of anilines is 1. The van der Waals surface area contributed by atoms with Gasteiger partial charge in [0, 0.05) is 16.7 Å². The van der Waals surface area contributed by atoms with Crippen LogP contribution in [-0.2, 0) is 0 Å². The Hall–Kier alpha value is -1.32. The molecule has 0 aliphatic heterocycles. The van der Waals surface area contributed by atoms with Crippen molar-refractivity contribution in [3.05, 3.63) is 63.6 Å². The maximum absolute atomic E-state index is 12.8. The van der Waals surface area contributed by atoms with Crippen LogP contribution in [0.25, 0.3) is 0 Å². The van der Waals surface area contributed by atoms with E-state index in [4.69, 9.17) is 11.6 Å². The standard InChI is InChI=1S/C17H17BrClNO/c1-2-3-11-20(14-7-5-4-6-8-14)17(21)15-12-13(18)9-10-16(15)19/h4-10,12H,2-3,11H2,1H3. The number of hydrogen-bond acceptors (Lipinski definition) is 1. The average Bonchev–Trinajstić information content (AvgIpc) is 2.51. The van der Waals surface area contributed by atoms with Crippen LogP contribution in [-0.4, -0.2) is 12.5 Å². The van der Waals surface area contributed by atoms with Crippen LogP contribution in [0.15, 0.2) is 53.0 Å². The third-order valence-corrected chi connectivity index (χ3v) is 4.03. The van der Waals surface area contributed by atoms with Gasteiger partial charge in [-0.1, -0.05) is 59.1 Å². The molecule has 0 saturated heterocycles. The Morgan fingerprint density at radius 3 is 2.57 bits per heavy atom. The highest BCUT2D eigenvalue weighted by atomic mass is 79.9. The molecule has 0 aliphatic carbocycles. The van der Waals surface area contributed by atoms with Gasteiger partial charge >= 0.3 is 0 Å². The summed E-state index contributed by atoms with van der Waals surface area (Å²) in [6.07, 6.45) is 1.98. The first-order valence-electron chi connectivity index (χ1n) is 6.95. The van der Waals surface area contributed by atoms with Gasteiger partial charge in [-0.2, -0.15) is 0 Å². The number of amides is 1. The Balaban J connectivity index is 2.36. The molecule has 0 aliphatic rings. The zero-order valence-corrected chi connectivity index (χ0v) is 14.2. The predicted molar refractivity (Wildman–Crippen MR) is 92.2 cm³/mol. The Morgan fingerprint density at radius 2 is 1.90 bits per heavy atom. The topological polar surface area (TPSA) is 20.3 Å². The van der Waals surface area contributed by atoms with E-state index in [9.17, 15) is 4.79 Å². The smallest absolute Gasteiger partial charge is 0.259 e. The van der Waals surface area contributed by atoms with Crippen molar-refractivity contribution in [3.8, 4) is 0 Å². The van der Waals surface area contributed by atoms with Gasteiger partial charge in [0.2, 0.25) is 0 Å². The van der Waals surface area contributed by atoms with Gasteiger partial charge < -0.3 is 4.90 Å². The zero-order valence-electron chi connectivity index (χ0n) is 11.9. The van der Waals surface area contributed by atoms with Crippen molar-refractivity contribution in [2.24, 2.45) is 0 Å². The molecule has 1 amide bonds. The normalized spacial score (nSPS) is 10.4. The minimum absolute atomic E-state index is 0.0686. The number of halogens is 2. The van der Waals surface area contributed by atoms with Crippen LogP contribution >= 0.6 is 27.5 Å². The van der Waals surface area contributed by atoms with Crippen molar-refractivity contribution in [3.63, 3.8) is 0 Å². The molecule has 0 spiro atoms. The fourth-order valence-electron chi connectivity index (χ4n) is 2.08. The summed E-state index contributed by atoms with van der Waals surface area (Å²) >= 11 is 9.58. The SMILES string of the molecule is CCCCN(C(=O)c1cc(Br)ccc1Cl)c1ccccc1. The van der Waals surface area contributed by atoms with Crippen LogP contribution in [0.4, 0.5) is 5.69 Å². The van der Waals surface area contributed by atoms with E-state index in [1.165, 1.54) is 0 Å². The first-order chi connectivity index (χ1) is 10.1. The van der Waals surface area contributed by atoms with Crippen molar-refractivity contribution < 1.29 is 4.79 Å². The molecule has 0 unspecified atom stereocenters. The van der Waals surface area contributed by atoms with Crippen LogP contribution in [0.2, 0.25) is 5.02 Å². The highest BCUT2D eigenvalue weighted by Gasteiger charge is 2.19. The fourth-order valence-corrected chi connectivity index (χ4v) is 2.64. The van der Waals surface area contributed by atoms with Crippen LogP contribution in [0.3, 0.4) is 0 Å². The van der Waals surface area contributed by atoms with E-state index < -0.39 is 0 Å². The summed E-state index contributed by atoms with van der Waals surface area (Å²) in [7, 11) is 0. The predicted octanol–water partition coefficient (Wildman–Crippen LogP) is 5.55. The van der Waals surface area contributed by atoms with Gasteiger partial charge in [0.05, 0.1) is 10.6 Å². The molecule has 0 N–H and O–H groups in total. The van der Waals surface area contributed by atoms with E-state index in [2.05, 4.69) is 22.9 Å². The minimum atomic E-state index is -0.0686. The van der Waals surface area contributed by atoms with Gasteiger partial charge in [0.25, 0.3) is 5.91 Å². The summed E-state index contributed by atoms with van der Waals surface area (Å²) in [4.78, 5) is 14.6. The molecule has 0 heterocycles. The third-order valence-electron chi connectivity index (χ3n) is 3.21. The number of carbonyl (C=O) groups excluding carboxylic acids is 1. The molecular formula is C17H17BrClNO. The number of unbranched alkanes of at least 4 members (excludes halogenated alkanes) is 1. The van der Waals surface area contributed by atoms with Gasteiger partial charge in [-0.05, 0) is 36.8 Å². The second-order valence-electron chi connectivity index (χ2n) is 4.77. The Kier molecular flexibility index (Phi) is 5.83. The fraction of sp³-hybridized carbons (Fsp3) is 0.235. The van der Waals surface area contributed by atoms with Crippen molar-refractivity contribution in [1.29, 1.82) is 0 Å². The molecule has 0 saturated carbocycles. The molecule has 21 heavy (non-hydrogen) atoms. The Morgan fingerprint density at radius 1 is 1.19 bits per heavy atom. The van der Waals surface area contributed by atoms with E-state index in [1.54, 1.807) is 17.0 Å². The molecule has 2 rings (SSSR count). The van der Waals surface area contributed by atoms with E-state index >= 15 is 0 Å². The zero-order chi connectivity index (χ0) is 15.2. The number of para-hydroxylation sites is 1. The molecule has 2 aromatic rings. The van der Waals surface area contributed by atoms with Crippen LogP contribution in [0, 0.1) is 0 Å². The summed E-state index contributed by atoms with van der Waals surface area (Å²) in [6.45, 7) is 2.79. The van der Waals surface area contributed by atoms with Crippen molar-refractivity contribution in [2.45, 2.75) is 19.8 Å². The highest BCUT2D eigenvalue weighted by Crippen LogP contribution is 2.25. The van der Waals surface area contributed by atoms with Crippen molar-refractivity contribution >= 4 is 39.1 Å². The third kappa shape index (κ3) is 4.08. The minimum Gasteiger partial charge on any atom is -0.308 e. The monoisotopic (exact) mass is 365 g/mol. The number of nitrogens with zero attached hydrogens (tertiary/aromatic N) is 1. The van der Waals surface area contributed by atoms with Crippen molar-refractivity contribution in [1.82, 2.24) is 0 Å². The maximum atomic E-state index is 12.8. The molecule has 0 fully saturated rings. The van der Waals surface area contributed by atoms with E-state index in [1.807, 2.05) is 36.4 Å². The largest absolute Gasteiger partial charge is 0.308 e. The molecule has 4 heteroatoms. The van der Waals surface area contributed by atoms with Gasteiger partial charge in [0.15, 0.2) is 0 Å². The number of carbonyl (C=O) groups is 1. The van der Waals surface area contributed by atoms with Gasteiger partial charge in [-0.3, -0.25) is 4.79 Å². The van der Waals surface area contributed by atoms with Gasteiger partial charge in [-0.15, -0.1) is 0 Å². The van der Waals surface area contributed by atoms with E-state index in [0.717, 1.165) is 23.0 Å². The van der Waals surface area contributed by atoms with Gasteiger partial charge in [0.1, 0.15) is 0 Å². The first kappa shape index (κ1) is 16.1. The molecule has 2 aromatic carbocycles. The van der Waals surface area contributed by atoms with Gasteiger partial charge in [-0.25, -0.2) is 0 Å². The molecule has 110 valence electrons. The second-order valence-corrected chi connectivity index (χ2v) is 6.09. The van der Waals surface area contributed by atoms with Crippen molar-refractivity contribution in [2.75, 3.05) is 11.4 Å². The van der Waals surface area contributed by atoms with Crippen LogP contribution < -0.4 is 4.90 Å². The summed E-state index contributed by atoms with van der Waals surface area (Å²) in [5.74, 6) is -0.0686. The maximum Gasteiger partial charge on any atom is 0.259 e. The summed E-state index contributed by atoms with van der Waals surface area (Å²) in [5.41, 5.74) is 1.41. The number of rotatable bonds is 5. The lowest BCUT2D eigenvalue weighted by molar-refractivity contribution is 0.0986. The van der Waals surface area contributed by atoms with Crippen LogP contribution in [0.5, 0.6) is 0 Å². The lowest BCUT2D eigenvalue weighted by Crippen LogP contribution is -2.32. The molecular weight excluding hydrogens is 350 g/mol. The van der Waals surface area contributed by atoms with E-state index in [-0.39, 0.29) is 5.91 Å². The quantitative estimate of drug-likeness (QED) is 0.679. The lowest BCUT2D eigenvalue weighted by Gasteiger charge is -2.23. The first-order valence-corrected chi connectivity index (χ1v) is 8.12. The summed E-state index contributed by atoms with van der Waals surface area (Å²) in [5, 5.41) is 0.473. The lowest BCUT2D eigenvalue weighted by atomic mass is 10.1. The van der Waals surface area contributed by atoms with E-state index in [0.29, 0.717) is 17.1 Å². The molecule has 0 radical (unpaired) electrons. The highest BCUT2D eigenvalue weighted by molar-refractivity contribution is 9.10. The molecule has 0 bridgehead atoms. The summed E-state index contributed by atoms with van der Waals surface area (Å²) in [6, 6.07) is 15.0. The number of hydrogen-bond donors (Lipinski definition) is 0. The summed E-state index contributed by atoms with van der Waals surface area (Å²) < 4.78 is 0.846. The second kappa shape index (κ2) is 7.62. The molecule has 0 atom stereocenters. The Bertz CT molecular complexity index is 615. The van der Waals surface area contributed by atoms with Crippen LogP contribution in [0.1, 0.15) is 30.1 Å². The Labute approximate surface area is 138 Å². The average molecular weight is 367 g/mol. The molecule has 0 aromatic heterocycles.